The highest BCUT2D eigenvalue weighted by atomic mass is 19.1. The summed E-state index contributed by atoms with van der Waals surface area (Å²) >= 11 is 0. The molecule has 1 aromatic carbocycles. The van der Waals surface area contributed by atoms with Crippen LogP contribution in [-0.4, -0.2) is 19.1 Å². The molecule has 2 nitrogen and oxygen atoms in total. The summed E-state index contributed by atoms with van der Waals surface area (Å²) in [4.78, 5) is 2.22. The van der Waals surface area contributed by atoms with Crippen molar-refractivity contribution < 1.29 is 4.39 Å². The highest BCUT2D eigenvalue weighted by Crippen LogP contribution is 2.24. The predicted molar refractivity (Wildman–Crippen MR) is 76.5 cm³/mol. The number of anilines is 1. The maximum atomic E-state index is 13.4. The summed E-state index contributed by atoms with van der Waals surface area (Å²) in [6.07, 6.45) is 2.98. The van der Waals surface area contributed by atoms with Gasteiger partial charge in [-0.2, -0.15) is 0 Å². The van der Waals surface area contributed by atoms with E-state index in [2.05, 4.69) is 25.8 Å². The largest absolute Gasteiger partial charge is 0.372 e. The molecule has 0 aliphatic heterocycles. The zero-order valence-corrected chi connectivity index (χ0v) is 11.9. The first-order valence-corrected chi connectivity index (χ1v) is 6.72. The van der Waals surface area contributed by atoms with E-state index in [9.17, 15) is 4.39 Å². The maximum Gasteiger partial charge on any atom is 0.123 e. The van der Waals surface area contributed by atoms with Gasteiger partial charge in [0.1, 0.15) is 5.82 Å². The molecule has 2 unspecified atom stereocenters. The second kappa shape index (κ2) is 6.74. The molecule has 0 radical (unpaired) electrons. The van der Waals surface area contributed by atoms with Crippen molar-refractivity contribution in [3.63, 3.8) is 0 Å². The minimum atomic E-state index is -0.189. The second-order valence-electron chi connectivity index (χ2n) is 5.20. The topological polar surface area (TPSA) is 29.3 Å². The van der Waals surface area contributed by atoms with Crippen LogP contribution < -0.4 is 10.6 Å². The van der Waals surface area contributed by atoms with Gasteiger partial charge in [0.25, 0.3) is 0 Å². The number of hydrogen-bond donors (Lipinski definition) is 1. The number of benzene rings is 1. The van der Waals surface area contributed by atoms with Crippen molar-refractivity contribution in [2.75, 3.05) is 11.9 Å². The fourth-order valence-electron chi connectivity index (χ4n) is 2.26. The molecule has 0 aliphatic rings. The molecule has 1 aromatic rings. The lowest BCUT2D eigenvalue weighted by Gasteiger charge is -2.29. The summed E-state index contributed by atoms with van der Waals surface area (Å²) in [5.41, 5.74) is 7.93. The van der Waals surface area contributed by atoms with Gasteiger partial charge >= 0.3 is 0 Å². The standard InChI is InChI=1S/C15H25FN2/c1-5-6-12(3)18(4)15-8-7-14(16)10-13(15)9-11(2)17/h7-8,10-12H,5-6,9,17H2,1-4H3. The van der Waals surface area contributed by atoms with Crippen LogP contribution in [0.2, 0.25) is 0 Å². The summed E-state index contributed by atoms with van der Waals surface area (Å²) in [7, 11) is 2.07. The van der Waals surface area contributed by atoms with E-state index in [0.29, 0.717) is 12.5 Å². The van der Waals surface area contributed by atoms with Crippen LogP contribution in [0.1, 0.15) is 39.2 Å². The van der Waals surface area contributed by atoms with Crippen LogP contribution in [0.3, 0.4) is 0 Å². The predicted octanol–water partition coefficient (Wildman–Crippen LogP) is 3.34. The van der Waals surface area contributed by atoms with Crippen molar-refractivity contribution >= 4 is 5.69 Å². The van der Waals surface area contributed by atoms with Crippen LogP contribution in [0.15, 0.2) is 18.2 Å². The van der Waals surface area contributed by atoms with Gasteiger partial charge in [0.15, 0.2) is 0 Å². The Morgan fingerprint density at radius 3 is 2.56 bits per heavy atom. The lowest BCUT2D eigenvalue weighted by atomic mass is 10.0. The van der Waals surface area contributed by atoms with Crippen LogP contribution in [0.5, 0.6) is 0 Å². The lowest BCUT2D eigenvalue weighted by Crippen LogP contribution is -2.30. The van der Waals surface area contributed by atoms with Crippen LogP contribution in [-0.2, 0) is 6.42 Å². The van der Waals surface area contributed by atoms with E-state index in [-0.39, 0.29) is 11.9 Å². The zero-order valence-electron chi connectivity index (χ0n) is 11.9. The summed E-state index contributed by atoms with van der Waals surface area (Å²) in [5.74, 6) is -0.189. The molecule has 0 saturated carbocycles. The Kier molecular flexibility index (Phi) is 5.60. The number of nitrogens with two attached hydrogens (primary N) is 1. The van der Waals surface area contributed by atoms with E-state index >= 15 is 0 Å². The number of nitrogens with zero attached hydrogens (tertiary/aromatic N) is 1. The third-order valence-corrected chi connectivity index (χ3v) is 3.33. The van der Waals surface area contributed by atoms with E-state index in [0.717, 1.165) is 24.1 Å². The molecule has 0 spiro atoms. The Morgan fingerprint density at radius 1 is 1.33 bits per heavy atom. The lowest BCUT2D eigenvalue weighted by molar-refractivity contribution is 0.604. The maximum absolute atomic E-state index is 13.4. The first-order chi connectivity index (χ1) is 8.45. The van der Waals surface area contributed by atoms with E-state index in [1.807, 2.05) is 13.0 Å². The molecule has 0 bridgehead atoms. The average molecular weight is 252 g/mol. The summed E-state index contributed by atoms with van der Waals surface area (Å²) in [6, 6.07) is 5.48. The SMILES string of the molecule is CCCC(C)N(C)c1ccc(F)cc1CC(C)N. The van der Waals surface area contributed by atoms with Crippen LogP contribution in [0.25, 0.3) is 0 Å². The van der Waals surface area contributed by atoms with Gasteiger partial charge in [-0.1, -0.05) is 13.3 Å². The van der Waals surface area contributed by atoms with Crippen LogP contribution >= 0.6 is 0 Å². The van der Waals surface area contributed by atoms with Crippen LogP contribution in [0, 0.1) is 5.82 Å². The first kappa shape index (κ1) is 15.0. The average Bonchev–Trinajstić information content (AvgIpc) is 2.28. The highest BCUT2D eigenvalue weighted by molar-refractivity contribution is 5.54. The van der Waals surface area contributed by atoms with Gasteiger partial charge in [-0.3, -0.25) is 0 Å². The fourth-order valence-corrected chi connectivity index (χ4v) is 2.26. The zero-order chi connectivity index (χ0) is 13.7. The van der Waals surface area contributed by atoms with Crippen molar-refractivity contribution in [3.05, 3.63) is 29.6 Å². The molecule has 0 amide bonds. The molecule has 0 fully saturated rings. The van der Waals surface area contributed by atoms with Gasteiger partial charge in [0, 0.05) is 24.8 Å². The number of rotatable bonds is 6. The smallest absolute Gasteiger partial charge is 0.123 e. The third kappa shape index (κ3) is 3.98. The molecule has 102 valence electrons. The molecule has 1 rings (SSSR count). The molecule has 3 heteroatoms. The van der Waals surface area contributed by atoms with E-state index in [1.165, 1.54) is 6.07 Å². The van der Waals surface area contributed by atoms with Crippen molar-refractivity contribution in [1.29, 1.82) is 0 Å². The first-order valence-electron chi connectivity index (χ1n) is 6.72. The summed E-state index contributed by atoms with van der Waals surface area (Å²) in [5, 5.41) is 0. The Bertz CT molecular complexity index is 377. The van der Waals surface area contributed by atoms with Crippen molar-refractivity contribution in [2.45, 2.75) is 52.1 Å². The molecule has 0 heterocycles. The van der Waals surface area contributed by atoms with Gasteiger partial charge in [-0.05, 0) is 50.5 Å². The summed E-state index contributed by atoms with van der Waals surface area (Å²) < 4.78 is 13.4. The Balaban J connectivity index is 2.99. The number of hydrogen-bond acceptors (Lipinski definition) is 2. The van der Waals surface area contributed by atoms with Gasteiger partial charge in [0.05, 0.1) is 0 Å². The third-order valence-electron chi connectivity index (χ3n) is 3.33. The molecule has 2 N–H and O–H groups in total. The van der Waals surface area contributed by atoms with Crippen LogP contribution in [0.4, 0.5) is 10.1 Å². The quantitative estimate of drug-likeness (QED) is 0.841. The van der Waals surface area contributed by atoms with Crippen molar-refractivity contribution in [1.82, 2.24) is 0 Å². The normalized spacial score (nSPS) is 14.3. The Labute approximate surface area is 110 Å². The van der Waals surface area contributed by atoms with Gasteiger partial charge in [-0.25, -0.2) is 4.39 Å². The molecule has 0 saturated heterocycles. The van der Waals surface area contributed by atoms with Gasteiger partial charge < -0.3 is 10.6 Å². The van der Waals surface area contributed by atoms with Gasteiger partial charge in [-0.15, -0.1) is 0 Å². The Hall–Kier alpha value is -1.09. The van der Waals surface area contributed by atoms with E-state index < -0.39 is 0 Å². The van der Waals surface area contributed by atoms with E-state index in [4.69, 9.17) is 5.73 Å². The minimum Gasteiger partial charge on any atom is -0.372 e. The molecular formula is C15H25FN2. The van der Waals surface area contributed by atoms with E-state index in [1.54, 1.807) is 6.07 Å². The molecular weight excluding hydrogens is 227 g/mol. The Morgan fingerprint density at radius 2 is 2.00 bits per heavy atom. The molecule has 18 heavy (non-hydrogen) atoms. The summed E-state index contributed by atoms with van der Waals surface area (Å²) in [6.45, 7) is 6.32. The fraction of sp³-hybridized carbons (Fsp3) is 0.600. The number of halogens is 1. The molecule has 0 aliphatic carbocycles. The second-order valence-corrected chi connectivity index (χ2v) is 5.20. The molecule has 2 atom stereocenters. The molecule has 0 aromatic heterocycles. The van der Waals surface area contributed by atoms with Gasteiger partial charge in [0.2, 0.25) is 0 Å². The monoisotopic (exact) mass is 252 g/mol. The van der Waals surface area contributed by atoms with Crippen molar-refractivity contribution in [3.8, 4) is 0 Å². The highest BCUT2D eigenvalue weighted by Gasteiger charge is 2.14. The minimum absolute atomic E-state index is 0.0421. The van der Waals surface area contributed by atoms with Crippen molar-refractivity contribution in [2.24, 2.45) is 5.73 Å².